The first-order chi connectivity index (χ1) is 10.7. The lowest BCUT2D eigenvalue weighted by Crippen LogP contribution is -2.19. The van der Waals surface area contributed by atoms with Gasteiger partial charge in [0.05, 0.1) is 19.4 Å². The zero-order valence-corrected chi connectivity index (χ0v) is 13.3. The maximum Gasteiger partial charge on any atom is 0.243 e. The second-order valence-electron chi connectivity index (χ2n) is 5.41. The Kier molecular flexibility index (Phi) is 6.25. The number of hydrogen-bond donors (Lipinski definition) is 1. The number of nitrogens with one attached hydrogen (secondary N) is 1. The fourth-order valence-corrected chi connectivity index (χ4v) is 1.87. The number of carbonyl (C=O) groups is 1. The summed E-state index contributed by atoms with van der Waals surface area (Å²) in [5, 5.41) is 4.02. The molecule has 0 bridgehead atoms. The van der Waals surface area contributed by atoms with Gasteiger partial charge in [-0.1, -0.05) is 13.8 Å². The monoisotopic (exact) mass is 304 g/mol. The minimum atomic E-state index is -0.00447. The Morgan fingerprint density at radius 2 is 2.00 bits per heavy atom. The van der Waals surface area contributed by atoms with Crippen LogP contribution in [0, 0.1) is 5.92 Å². The third kappa shape index (κ3) is 5.06. The number of amides is 1. The highest BCUT2D eigenvalue weighted by Gasteiger charge is 2.29. The van der Waals surface area contributed by atoms with Gasteiger partial charge < -0.3 is 9.47 Å². The first-order valence-electron chi connectivity index (χ1n) is 7.97. The molecule has 1 amide bonds. The van der Waals surface area contributed by atoms with Crippen molar-refractivity contribution in [3.05, 3.63) is 23.8 Å². The number of hydrogen-bond acceptors (Lipinski definition) is 4. The summed E-state index contributed by atoms with van der Waals surface area (Å²) in [6.07, 6.45) is 5.44. The van der Waals surface area contributed by atoms with E-state index in [0.29, 0.717) is 13.2 Å². The van der Waals surface area contributed by atoms with Crippen molar-refractivity contribution in [2.75, 3.05) is 13.2 Å². The van der Waals surface area contributed by atoms with Crippen molar-refractivity contribution in [1.29, 1.82) is 0 Å². The summed E-state index contributed by atoms with van der Waals surface area (Å²) in [4.78, 5) is 11.5. The fourth-order valence-electron chi connectivity index (χ4n) is 1.87. The molecule has 0 unspecified atom stereocenters. The second kappa shape index (κ2) is 8.41. The van der Waals surface area contributed by atoms with Crippen LogP contribution in [0.1, 0.15) is 45.1 Å². The molecule has 1 aromatic carbocycles. The molecule has 5 nitrogen and oxygen atoms in total. The molecule has 0 atom stereocenters. The number of carbonyl (C=O) groups excluding carboxylic acids is 1. The summed E-state index contributed by atoms with van der Waals surface area (Å²) in [6.45, 7) is 5.43. The highest BCUT2D eigenvalue weighted by molar-refractivity contribution is 5.86. The van der Waals surface area contributed by atoms with Gasteiger partial charge >= 0.3 is 0 Å². The van der Waals surface area contributed by atoms with Crippen LogP contribution in [0.15, 0.2) is 23.3 Å². The van der Waals surface area contributed by atoms with Gasteiger partial charge in [-0.2, -0.15) is 5.10 Å². The van der Waals surface area contributed by atoms with Crippen LogP contribution in [0.3, 0.4) is 0 Å². The third-order valence-corrected chi connectivity index (χ3v) is 3.25. The van der Waals surface area contributed by atoms with Crippen LogP contribution in [0.4, 0.5) is 0 Å². The van der Waals surface area contributed by atoms with E-state index in [1.807, 2.05) is 18.2 Å². The van der Waals surface area contributed by atoms with E-state index in [-0.39, 0.29) is 11.8 Å². The largest absolute Gasteiger partial charge is 0.493 e. The molecule has 0 aliphatic heterocycles. The molecule has 0 heterocycles. The predicted octanol–water partition coefficient (Wildman–Crippen LogP) is 3.12. The normalized spacial score (nSPS) is 14.1. The highest BCUT2D eigenvalue weighted by Crippen LogP contribution is 2.28. The summed E-state index contributed by atoms with van der Waals surface area (Å²) in [5.74, 6) is 1.65. The highest BCUT2D eigenvalue weighted by atomic mass is 16.5. The molecule has 0 saturated heterocycles. The molecular weight excluding hydrogens is 280 g/mol. The lowest BCUT2D eigenvalue weighted by Gasteiger charge is -2.11. The van der Waals surface area contributed by atoms with Crippen LogP contribution in [0.5, 0.6) is 11.5 Å². The van der Waals surface area contributed by atoms with Gasteiger partial charge in [-0.05, 0) is 37.8 Å². The van der Waals surface area contributed by atoms with E-state index in [9.17, 15) is 4.79 Å². The van der Waals surface area contributed by atoms with Crippen LogP contribution in [0.2, 0.25) is 0 Å². The van der Waals surface area contributed by atoms with Crippen molar-refractivity contribution in [1.82, 2.24) is 5.43 Å². The zero-order chi connectivity index (χ0) is 15.8. The van der Waals surface area contributed by atoms with Crippen LogP contribution in [-0.4, -0.2) is 25.3 Å². The lowest BCUT2D eigenvalue weighted by atomic mass is 10.2. The van der Waals surface area contributed by atoms with Crippen molar-refractivity contribution < 1.29 is 14.3 Å². The van der Waals surface area contributed by atoms with Gasteiger partial charge in [-0.15, -0.1) is 0 Å². The van der Waals surface area contributed by atoms with Crippen molar-refractivity contribution in [2.45, 2.75) is 39.5 Å². The maximum atomic E-state index is 11.5. The molecule has 22 heavy (non-hydrogen) atoms. The quantitative estimate of drug-likeness (QED) is 0.563. The average molecular weight is 304 g/mol. The number of hydrazone groups is 1. The van der Waals surface area contributed by atoms with E-state index >= 15 is 0 Å². The van der Waals surface area contributed by atoms with Gasteiger partial charge in [0.25, 0.3) is 0 Å². The topological polar surface area (TPSA) is 59.9 Å². The van der Waals surface area contributed by atoms with Crippen molar-refractivity contribution in [3.8, 4) is 11.5 Å². The van der Waals surface area contributed by atoms with Crippen LogP contribution >= 0.6 is 0 Å². The standard InChI is InChI=1S/C17H24N2O3/c1-3-9-21-15-8-7-14(16(11-15)22-10-4-2)12-18-19-17(20)13-5-6-13/h7-8,11-13H,3-6,9-10H2,1-2H3,(H,19,20)/b18-12+. The van der Waals surface area contributed by atoms with Crippen molar-refractivity contribution >= 4 is 12.1 Å². The van der Waals surface area contributed by atoms with E-state index in [1.165, 1.54) is 0 Å². The van der Waals surface area contributed by atoms with Gasteiger partial charge in [0.1, 0.15) is 11.5 Å². The SMILES string of the molecule is CCCOc1ccc(/C=N/NC(=O)C2CC2)c(OCCC)c1. The second-order valence-corrected chi connectivity index (χ2v) is 5.41. The number of nitrogens with zero attached hydrogens (tertiary/aromatic N) is 1. The van der Waals surface area contributed by atoms with Crippen molar-refractivity contribution in [2.24, 2.45) is 11.0 Å². The summed E-state index contributed by atoms with van der Waals surface area (Å²) in [7, 11) is 0. The predicted molar refractivity (Wildman–Crippen MR) is 86.5 cm³/mol. The molecule has 0 aromatic heterocycles. The van der Waals surface area contributed by atoms with Gasteiger partial charge in [-0.25, -0.2) is 5.43 Å². The summed E-state index contributed by atoms with van der Waals surface area (Å²) < 4.78 is 11.4. The van der Waals surface area contributed by atoms with E-state index in [2.05, 4.69) is 24.4 Å². The number of rotatable bonds is 9. The Morgan fingerprint density at radius 1 is 1.27 bits per heavy atom. The summed E-state index contributed by atoms with van der Waals surface area (Å²) in [5.41, 5.74) is 3.40. The average Bonchev–Trinajstić information content (AvgIpc) is 3.37. The van der Waals surface area contributed by atoms with Crippen LogP contribution in [0.25, 0.3) is 0 Å². The van der Waals surface area contributed by atoms with E-state index in [1.54, 1.807) is 6.21 Å². The molecule has 1 saturated carbocycles. The number of ether oxygens (including phenoxy) is 2. The maximum absolute atomic E-state index is 11.5. The smallest absolute Gasteiger partial charge is 0.243 e. The first kappa shape index (κ1) is 16.3. The Bertz CT molecular complexity index is 525. The van der Waals surface area contributed by atoms with Crippen LogP contribution in [-0.2, 0) is 4.79 Å². The fraction of sp³-hybridized carbons (Fsp3) is 0.529. The number of benzene rings is 1. The molecule has 1 N–H and O–H groups in total. The minimum Gasteiger partial charge on any atom is -0.493 e. The molecular formula is C17H24N2O3. The van der Waals surface area contributed by atoms with E-state index in [4.69, 9.17) is 9.47 Å². The minimum absolute atomic E-state index is 0.00447. The lowest BCUT2D eigenvalue weighted by molar-refractivity contribution is -0.122. The molecule has 0 spiro atoms. The molecule has 1 aromatic rings. The molecule has 1 fully saturated rings. The molecule has 1 aliphatic rings. The summed E-state index contributed by atoms with van der Waals surface area (Å²) >= 11 is 0. The van der Waals surface area contributed by atoms with E-state index < -0.39 is 0 Å². The molecule has 5 heteroatoms. The van der Waals surface area contributed by atoms with Crippen LogP contribution < -0.4 is 14.9 Å². The Labute approximate surface area is 131 Å². The van der Waals surface area contributed by atoms with E-state index in [0.717, 1.165) is 42.7 Å². The first-order valence-corrected chi connectivity index (χ1v) is 7.97. The third-order valence-electron chi connectivity index (χ3n) is 3.25. The van der Waals surface area contributed by atoms with Gasteiger partial charge in [-0.3, -0.25) is 4.79 Å². The Balaban J connectivity index is 2.02. The van der Waals surface area contributed by atoms with Gasteiger partial charge in [0, 0.05) is 17.5 Å². The molecule has 2 rings (SSSR count). The Morgan fingerprint density at radius 3 is 2.68 bits per heavy atom. The van der Waals surface area contributed by atoms with Gasteiger partial charge in [0.15, 0.2) is 0 Å². The molecule has 1 aliphatic carbocycles. The summed E-state index contributed by atoms with van der Waals surface area (Å²) in [6, 6.07) is 5.65. The zero-order valence-electron chi connectivity index (χ0n) is 13.3. The van der Waals surface area contributed by atoms with Gasteiger partial charge in [0.2, 0.25) is 5.91 Å². The van der Waals surface area contributed by atoms with Crippen molar-refractivity contribution in [3.63, 3.8) is 0 Å². The molecule has 120 valence electrons. The Hall–Kier alpha value is -2.04. The molecule has 0 radical (unpaired) electrons.